The Balaban J connectivity index is 2.18. The number of aromatic nitrogens is 2. The predicted octanol–water partition coefficient (Wildman–Crippen LogP) is 1.86. The van der Waals surface area contributed by atoms with Crippen molar-refractivity contribution in [2.75, 3.05) is 0 Å². The van der Waals surface area contributed by atoms with Gasteiger partial charge in [-0.3, -0.25) is 10.00 Å². The van der Waals surface area contributed by atoms with Crippen molar-refractivity contribution in [3.63, 3.8) is 0 Å². The third kappa shape index (κ3) is 2.67. The van der Waals surface area contributed by atoms with Gasteiger partial charge in [0, 0.05) is 12.2 Å². The molecule has 1 heterocycles. The van der Waals surface area contributed by atoms with Crippen LogP contribution in [0, 0.1) is 24.2 Å². The fourth-order valence-electron chi connectivity index (χ4n) is 2.35. The van der Waals surface area contributed by atoms with E-state index < -0.39 is 5.54 Å². The van der Waals surface area contributed by atoms with Crippen molar-refractivity contribution in [3.8, 4) is 6.07 Å². The number of nitrogens with zero attached hydrogens (tertiary/aromatic N) is 3. The molecule has 0 amide bonds. The normalized spacial score (nSPS) is 19.0. The van der Waals surface area contributed by atoms with Crippen LogP contribution in [-0.2, 0) is 6.54 Å². The molecule has 1 atom stereocenters. The maximum atomic E-state index is 9.55. The molecule has 0 bridgehead atoms. The van der Waals surface area contributed by atoms with Crippen LogP contribution >= 0.6 is 0 Å². The summed E-state index contributed by atoms with van der Waals surface area (Å²) < 4.78 is 1.88. The lowest BCUT2D eigenvalue weighted by molar-refractivity contribution is 0.284. The fraction of sp³-hybridized carbons (Fsp3) is 0.692. The van der Waals surface area contributed by atoms with Crippen molar-refractivity contribution in [2.45, 2.75) is 51.7 Å². The van der Waals surface area contributed by atoms with Crippen LogP contribution < -0.4 is 5.32 Å². The van der Waals surface area contributed by atoms with E-state index in [1.165, 1.54) is 0 Å². The third-order valence-electron chi connectivity index (χ3n) is 3.19. The Morgan fingerprint density at radius 1 is 1.65 bits per heavy atom. The summed E-state index contributed by atoms with van der Waals surface area (Å²) in [5, 5.41) is 17.3. The van der Waals surface area contributed by atoms with E-state index in [4.69, 9.17) is 0 Å². The molecule has 1 aliphatic carbocycles. The molecule has 2 rings (SSSR count). The summed E-state index contributed by atoms with van der Waals surface area (Å²) in [7, 11) is 0. The molecule has 0 saturated heterocycles. The Bertz CT molecular complexity index is 425. The third-order valence-corrected chi connectivity index (χ3v) is 3.19. The van der Waals surface area contributed by atoms with Gasteiger partial charge in [-0.15, -0.1) is 0 Å². The summed E-state index contributed by atoms with van der Waals surface area (Å²) in [5.74, 6) is 0.472. The first-order chi connectivity index (χ1) is 8.05. The number of hydrogen-bond acceptors (Lipinski definition) is 3. The van der Waals surface area contributed by atoms with Crippen molar-refractivity contribution in [2.24, 2.45) is 5.92 Å². The summed E-state index contributed by atoms with van der Waals surface area (Å²) in [4.78, 5) is 0. The molecular formula is C13H20N4. The highest BCUT2D eigenvalue weighted by atomic mass is 15.3. The summed E-state index contributed by atoms with van der Waals surface area (Å²) in [6.07, 6.45) is 6.13. The summed E-state index contributed by atoms with van der Waals surface area (Å²) in [6, 6.07) is 2.81. The smallest absolute Gasteiger partial charge is 0.129 e. The number of nitrogens with one attached hydrogen (secondary N) is 1. The molecule has 1 N–H and O–H groups in total. The van der Waals surface area contributed by atoms with Gasteiger partial charge in [0.2, 0.25) is 0 Å². The van der Waals surface area contributed by atoms with Gasteiger partial charge in [-0.05, 0) is 45.1 Å². The molecule has 17 heavy (non-hydrogen) atoms. The largest absolute Gasteiger partial charge is 0.295 e. The monoisotopic (exact) mass is 232 g/mol. The maximum Gasteiger partial charge on any atom is 0.129 e. The van der Waals surface area contributed by atoms with Crippen LogP contribution in [0.3, 0.4) is 0 Å². The number of aryl methyl sites for hydroxylation is 1. The van der Waals surface area contributed by atoms with E-state index in [-0.39, 0.29) is 0 Å². The predicted molar refractivity (Wildman–Crippen MR) is 66.3 cm³/mol. The van der Waals surface area contributed by atoms with Gasteiger partial charge in [0.1, 0.15) is 5.54 Å². The van der Waals surface area contributed by atoms with E-state index >= 15 is 0 Å². The van der Waals surface area contributed by atoms with Crippen LogP contribution in [0.15, 0.2) is 12.4 Å². The fourth-order valence-corrected chi connectivity index (χ4v) is 2.35. The molecule has 0 aliphatic heterocycles. The second kappa shape index (κ2) is 4.50. The molecule has 0 radical (unpaired) electrons. The quantitative estimate of drug-likeness (QED) is 0.843. The Hall–Kier alpha value is -1.34. The first-order valence-corrected chi connectivity index (χ1v) is 6.24. The topological polar surface area (TPSA) is 53.6 Å². The molecule has 1 fully saturated rings. The van der Waals surface area contributed by atoms with Gasteiger partial charge in [-0.1, -0.05) is 0 Å². The van der Waals surface area contributed by atoms with E-state index in [2.05, 4.69) is 30.3 Å². The van der Waals surface area contributed by atoms with Crippen LogP contribution in [0.2, 0.25) is 0 Å². The van der Waals surface area contributed by atoms with Gasteiger partial charge in [-0.2, -0.15) is 10.4 Å². The van der Waals surface area contributed by atoms with Crippen molar-refractivity contribution in [1.82, 2.24) is 15.1 Å². The van der Waals surface area contributed by atoms with Gasteiger partial charge in [-0.25, -0.2) is 0 Å². The average Bonchev–Trinajstić information content (AvgIpc) is 3.03. The molecule has 1 aromatic rings. The zero-order valence-corrected chi connectivity index (χ0v) is 10.8. The highest BCUT2D eigenvalue weighted by molar-refractivity contribution is 5.16. The molecule has 0 spiro atoms. The molecule has 1 saturated carbocycles. The zero-order chi connectivity index (χ0) is 12.5. The minimum Gasteiger partial charge on any atom is -0.295 e. The van der Waals surface area contributed by atoms with E-state index in [1.807, 2.05) is 24.0 Å². The molecule has 1 unspecified atom stereocenters. The van der Waals surface area contributed by atoms with Gasteiger partial charge in [0.15, 0.2) is 0 Å². The lowest BCUT2D eigenvalue weighted by Gasteiger charge is -2.30. The van der Waals surface area contributed by atoms with Crippen LogP contribution in [0.1, 0.15) is 32.3 Å². The molecule has 1 aromatic heterocycles. The number of hydrogen-bond donors (Lipinski definition) is 1. The highest BCUT2D eigenvalue weighted by Gasteiger charge is 2.46. The van der Waals surface area contributed by atoms with Crippen LogP contribution in [0.4, 0.5) is 0 Å². The van der Waals surface area contributed by atoms with Crippen LogP contribution in [0.25, 0.3) is 0 Å². The summed E-state index contributed by atoms with van der Waals surface area (Å²) in [5.41, 5.74) is 0.685. The van der Waals surface area contributed by atoms with E-state index in [0.717, 1.165) is 18.4 Å². The average molecular weight is 232 g/mol. The Labute approximate surface area is 103 Å². The van der Waals surface area contributed by atoms with Crippen LogP contribution in [0.5, 0.6) is 0 Å². The van der Waals surface area contributed by atoms with Gasteiger partial charge in [0.25, 0.3) is 0 Å². The molecule has 0 aromatic carbocycles. The van der Waals surface area contributed by atoms with Crippen LogP contribution in [-0.4, -0.2) is 21.4 Å². The number of rotatable bonds is 5. The SMILES string of the molecule is Cc1cnn(CC(C#N)(NC(C)C)C2CC2)c1. The molecule has 1 aliphatic rings. The second-order valence-corrected chi connectivity index (χ2v) is 5.37. The molecular weight excluding hydrogens is 212 g/mol. The van der Waals surface area contributed by atoms with Crippen molar-refractivity contribution < 1.29 is 0 Å². The summed E-state index contributed by atoms with van der Waals surface area (Å²) in [6.45, 7) is 6.83. The standard InChI is InChI=1S/C13H20N4/c1-10(2)16-13(8-14,12-4-5-12)9-17-7-11(3)6-15-17/h6-7,10,12,16H,4-5,9H2,1-3H3. The second-order valence-electron chi connectivity index (χ2n) is 5.37. The highest BCUT2D eigenvalue weighted by Crippen LogP contribution is 2.40. The summed E-state index contributed by atoms with van der Waals surface area (Å²) >= 11 is 0. The van der Waals surface area contributed by atoms with Crippen molar-refractivity contribution >= 4 is 0 Å². The minimum absolute atomic E-state index is 0.312. The van der Waals surface area contributed by atoms with Gasteiger partial charge < -0.3 is 0 Å². The first kappa shape index (κ1) is 12.1. The molecule has 4 heteroatoms. The van der Waals surface area contributed by atoms with Crippen molar-refractivity contribution in [3.05, 3.63) is 18.0 Å². The molecule has 4 nitrogen and oxygen atoms in total. The van der Waals surface area contributed by atoms with E-state index in [9.17, 15) is 5.26 Å². The lowest BCUT2D eigenvalue weighted by atomic mass is 9.94. The molecule has 92 valence electrons. The first-order valence-electron chi connectivity index (χ1n) is 6.24. The minimum atomic E-state index is -0.452. The van der Waals surface area contributed by atoms with Gasteiger partial charge in [0.05, 0.1) is 18.8 Å². The Morgan fingerprint density at radius 2 is 2.35 bits per heavy atom. The number of nitriles is 1. The zero-order valence-electron chi connectivity index (χ0n) is 10.8. The van der Waals surface area contributed by atoms with Gasteiger partial charge >= 0.3 is 0 Å². The Morgan fingerprint density at radius 3 is 2.76 bits per heavy atom. The lowest BCUT2D eigenvalue weighted by Crippen LogP contribution is -2.52. The maximum absolute atomic E-state index is 9.55. The van der Waals surface area contributed by atoms with Crippen molar-refractivity contribution in [1.29, 1.82) is 5.26 Å². The van der Waals surface area contributed by atoms with E-state index in [0.29, 0.717) is 18.5 Å². The Kier molecular flexibility index (Phi) is 3.21. The van der Waals surface area contributed by atoms with E-state index in [1.54, 1.807) is 0 Å².